The van der Waals surface area contributed by atoms with E-state index >= 15 is 0 Å². The SMILES string of the molecule is CCCCCCCC(=O)CCC(=O)CN1CC(Nc2ccccc2)=C([n+]2ccccc2)C1.[Cl-]. The van der Waals surface area contributed by atoms with E-state index in [0.717, 1.165) is 29.9 Å². The van der Waals surface area contributed by atoms with Gasteiger partial charge in [0.05, 0.1) is 18.8 Å². The second kappa shape index (κ2) is 14.6. The molecule has 6 heteroatoms. The van der Waals surface area contributed by atoms with Gasteiger partial charge in [-0.1, -0.05) is 56.9 Å². The first-order chi connectivity index (χ1) is 15.7. The number of carbonyl (C=O) groups is 2. The number of para-hydroxylation sites is 1. The molecule has 0 bridgehead atoms. The Balaban J connectivity index is 0.00000385. The average molecular weight is 470 g/mol. The van der Waals surface area contributed by atoms with Crippen molar-refractivity contribution in [2.24, 2.45) is 0 Å². The summed E-state index contributed by atoms with van der Waals surface area (Å²) >= 11 is 0. The van der Waals surface area contributed by atoms with Gasteiger partial charge in [-0.15, -0.1) is 0 Å². The molecule has 5 nitrogen and oxygen atoms in total. The Morgan fingerprint density at radius 2 is 1.52 bits per heavy atom. The minimum absolute atomic E-state index is 0. The number of rotatable bonds is 14. The van der Waals surface area contributed by atoms with Crippen LogP contribution in [0.15, 0.2) is 66.6 Å². The molecular weight excluding hydrogens is 434 g/mol. The highest BCUT2D eigenvalue weighted by atomic mass is 35.5. The molecule has 1 aromatic carbocycles. The number of ketones is 2. The maximum absolute atomic E-state index is 12.6. The van der Waals surface area contributed by atoms with Crippen LogP contribution in [0, 0.1) is 0 Å². The molecule has 1 aliphatic rings. The van der Waals surface area contributed by atoms with Crippen LogP contribution >= 0.6 is 0 Å². The Hall–Kier alpha value is -2.50. The molecule has 0 radical (unpaired) electrons. The van der Waals surface area contributed by atoms with Gasteiger partial charge in [0.25, 0.3) is 0 Å². The molecule has 1 aliphatic heterocycles. The quantitative estimate of drug-likeness (QED) is 0.339. The van der Waals surface area contributed by atoms with E-state index in [0.29, 0.717) is 38.9 Å². The van der Waals surface area contributed by atoms with Gasteiger partial charge in [-0.3, -0.25) is 14.5 Å². The highest BCUT2D eigenvalue weighted by Crippen LogP contribution is 2.20. The smallest absolute Gasteiger partial charge is 0.221 e. The lowest BCUT2D eigenvalue weighted by Crippen LogP contribution is -3.00. The Labute approximate surface area is 204 Å². The second-order valence-electron chi connectivity index (χ2n) is 8.59. The fraction of sp³-hybridized carbons (Fsp3) is 0.444. The van der Waals surface area contributed by atoms with E-state index in [1.807, 2.05) is 60.9 Å². The van der Waals surface area contributed by atoms with E-state index in [2.05, 4.69) is 21.7 Å². The van der Waals surface area contributed by atoms with Gasteiger partial charge in [0.1, 0.15) is 11.6 Å². The summed E-state index contributed by atoms with van der Waals surface area (Å²) in [6.45, 7) is 3.94. The molecule has 1 N–H and O–H groups in total. The number of nitrogens with one attached hydrogen (secondary N) is 1. The molecule has 0 fully saturated rings. The number of unbranched alkanes of at least 4 members (excludes halogenated alkanes) is 4. The molecule has 0 spiro atoms. The van der Waals surface area contributed by atoms with E-state index < -0.39 is 0 Å². The molecule has 178 valence electrons. The first-order valence-electron chi connectivity index (χ1n) is 11.9. The maximum atomic E-state index is 12.6. The fourth-order valence-electron chi connectivity index (χ4n) is 4.07. The van der Waals surface area contributed by atoms with Crippen molar-refractivity contribution in [2.75, 3.05) is 25.0 Å². The normalized spacial score (nSPS) is 13.6. The van der Waals surface area contributed by atoms with Crippen LogP contribution in [0.3, 0.4) is 0 Å². The molecular formula is C27H36ClN3O2. The minimum Gasteiger partial charge on any atom is -1.00 e. The van der Waals surface area contributed by atoms with Crippen molar-refractivity contribution in [2.45, 2.75) is 58.3 Å². The summed E-state index contributed by atoms with van der Waals surface area (Å²) in [5.41, 5.74) is 3.28. The van der Waals surface area contributed by atoms with Crippen molar-refractivity contribution in [1.82, 2.24) is 4.90 Å². The first kappa shape index (κ1) is 26.7. The second-order valence-corrected chi connectivity index (χ2v) is 8.59. The lowest BCUT2D eigenvalue weighted by Gasteiger charge is -2.14. The molecule has 0 unspecified atom stereocenters. The number of aromatic nitrogens is 1. The number of anilines is 1. The monoisotopic (exact) mass is 469 g/mol. The predicted octanol–water partition coefficient (Wildman–Crippen LogP) is 1.85. The Morgan fingerprint density at radius 1 is 0.848 bits per heavy atom. The van der Waals surface area contributed by atoms with Crippen molar-refractivity contribution in [3.8, 4) is 0 Å². The van der Waals surface area contributed by atoms with Gasteiger partial charge in [-0.05, 0) is 18.6 Å². The summed E-state index contributed by atoms with van der Waals surface area (Å²) in [5.74, 6) is 0.365. The topological polar surface area (TPSA) is 53.3 Å². The highest BCUT2D eigenvalue weighted by molar-refractivity contribution is 5.87. The Morgan fingerprint density at radius 3 is 2.24 bits per heavy atom. The third kappa shape index (κ3) is 9.10. The van der Waals surface area contributed by atoms with Crippen LogP contribution in [-0.2, 0) is 9.59 Å². The number of hydrogen-bond donors (Lipinski definition) is 1. The number of nitrogens with zero attached hydrogens (tertiary/aromatic N) is 2. The molecule has 2 aromatic rings. The molecule has 0 saturated carbocycles. The van der Waals surface area contributed by atoms with Crippen molar-refractivity contribution in [1.29, 1.82) is 0 Å². The van der Waals surface area contributed by atoms with Gasteiger partial charge in [-0.2, -0.15) is 4.57 Å². The largest absolute Gasteiger partial charge is 1.00 e. The standard InChI is InChI=1S/C27H36N3O2.ClH/c1-2-3-4-5-10-15-24(31)16-17-25(32)20-29-21-26(28-23-13-8-6-9-14-23)27(22-29)30-18-11-7-12-19-30;/h6-9,11-14,18-19,28H,2-5,10,15-17,20-22H2,1H3;1H/q+1;/p-1. The molecule has 0 atom stereocenters. The molecule has 1 aromatic heterocycles. The molecule has 0 amide bonds. The van der Waals surface area contributed by atoms with Crippen LogP contribution in [0.4, 0.5) is 5.69 Å². The van der Waals surface area contributed by atoms with Crippen molar-refractivity contribution >= 4 is 23.0 Å². The van der Waals surface area contributed by atoms with E-state index in [1.165, 1.54) is 19.3 Å². The maximum Gasteiger partial charge on any atom is 0.221 e. The number of Topliss-reactive ketones (excluding diaryl/α,β-unsaturated/α-hetero) is 2. The van der Waals surface area contributed by atoms with Crippen LogP contribution in [0.2, 0.25) is 0 Å². The molecule has 2 heterocycles. The number of carbonyl (C=O) groups excluding carboxylic acids is 2. The van der Waals surface area contributed by atoms with E-state index in [9.17, 15) is 9.59 Å². The summed E-state index contributed by atoms with van der Waals surface area (Å²) < 4.78 is 2.11. The fourth-order valence-corrected chi connectivity index (χ4v) is 4.07. The minimum atomic E-state index is 0. The van der Waals surface area contributed by atoms with Gasteiger partial charge in [0, 0.05) is 43.6 Å². The van der Waals surface area contributed by atoms with Gasteiger partial charge in [0.2, 0.25) is 5.70 Å². The number of halogens is 1. The lowest BCUT2D eigenvalue weighted by atomic mass is 10.0. The summed E-state index contributed by atoms with van der Waals surface area (Å²) in [7, 11) is 0. The van der Waals surface area contributed by atoms with Crippen LogP contribution in [0.25, 0.3) is 5.70 Å². The highest BCUT2D eigenvalue weighted by Gasteiger charge is 2.30. The van der Waals surface area contributed by atoms with Crippen LogP contribution < -0.4 is 22.3 Å². The summed E-state index contributed by atoms with van der Waals surface area (Å²) in [5, 5.41) is 3.53. The van der Waals surface area contributed by atoms with Crippen LogP contribution in [0.1, 0.15) is 58.3 Å². The first-order valence-corrected chi connectivity index (χ1v) is 11.9. The Kier molecular flexibility index (Phi) is 11.8. The third-order valence-corrected chi connectivity index (χ3v) is 5.84. The van der Waals surface area contributed by atoms with Crippen molar-refractivity contribution in [3.63, 3.8) is 0 Å². The van der Waals surface area contributed by atoms with Gasteiger partial charge in [-0.25, -0.2) is 0 Å². The van der Waals surface area contributed by atoms with Gasteiger partial charge in [0.15, 0.2) is 12.4 Å². The number of hydrogen-bond acceptors (Lipinski definition) is 4. The zero-order chi connectivity index (χ0) is 22.6. The third-order valence-electron chi connectivity index (χ3n) is 5.84. The van der Waals surface area contributed by atoms with E-state index in [4.69, 9.17) is 0 Å². The zero-order valence-corrected chi connectivity index (χ0v) is 20.4. The van der Waals surface area contributed by atoms with Crippen LogP contribution in [0.5, 0.6) is 0 Å². The average Bonchev–Trinajstić information content (AvgIpc) is 3.20. The molecule has 3 rings (SSSR count). The van der Waals surface area contributed by atoms with Crippen molar-refractivity contribution in [3.05, 3.63) is 66.6 Å². The van der Waals surface area contributed by atoms with Crippen molar-refractivity contribution < 1.29 is 26.6 Å². The van der Waals surface area contributed by atoms with E-state index in [1.54, 1.807) is 0 Å². The van der Waals surface area contributed by atoms with Gasteiger partial charge < -0.3 is 17.7 Å². The number of benzene rings is 1. The number of pyridine rings is 1. The van der Waals surface area contributed by atoms with Gasteiger partial charge >= 0.3 is 0 Å². The van der Waals surface area contributed by atoms with E-state index in [-0.39, 0.29) is 24.0 Å². The molecule has 0 saturated heterocycles. The summed E-state index contributed by atoms with van der Waals surface area (Å²) in [6.07, 6.45) is 11.1. The summed E-state index contributed by atoms with van der Waals surface area (Å²) in [6, 6.07) is 16.1. The molecule has 0 aliphatic carbocycles. The van der Waals surface area contributed by atoms with Crippen LogP contribution in [-0.4, -0.2) is 36.1 Å². The zero-order valence-electron chi connectivity index (χ0n) is 19.6. The summed E-state index contributed by atoms with van der Waals surface area (Å²) in [4.78, 5) is 26.9. The Bertz CT molecular complexity index is 900. The predicted molar refractivity (Wildman–Crippen MR) is 129 cm³/mol. The lowest BCUT2D eigenvalue weighted by molar-refractivity contribution is -0.582. The molecule has 33 heavy (non-hydrogen) atoms.